The second-order valence-corrected chi connectivity index (χ2v) is 15.3. The first-order valence-electron chi connectivity index (χ1n) is 20.1. The summed E-state index contributed by atoms with van der Waals surface area (Å²) in [6.45, 7) is 7.28. The molecule has 0 radical (unpaired) electrons. The second-order valence-electron chi connectivity index (χ2n) is 15.3. The lowest BCUT2D eigenvalue weighted by molar-refractivity contribution is -0.138. The van der Waals surface area contributed by atoms with Gasteiger partial charge in [0.05, 0.1) is 42.3 Å². The zero-order valence-corrected chi connectivity index (χ0v) is 34.5. The number of methoxy groups -OCH3 is 2. The Morgan fingerprint density at radius 2 is 1.33 bits per heavy atom. The van der Waals surface area contributed by atoms with Crippen LogP contribution in [0.1, 0.15) is 50.4 Å². The van der Waals surface area contributed by atoms with Crippen molar-refractivity contribution in [3.63, 3.8) is 0 Å². The number of H-pyrrole nitrogens is 2. The molecular weight excluding hydrogens is 761 g/mol. The number of nitrogens with one attached hydrogen (secondary N) is 4. The van der Waals surface area contributed by atoms with Crippen molar-refractivity contribution in [3.8, 4) is 11.1 Å². The van der Waals surface area contributed by atoms with Gasteiger partial charge in [0.2, 0.25) is 17.7 Å². The predicted octanol–water partition coefficient (Wildman–Crippen LogP) is 7.00. The fraction of sp³-hybridized carbons (Fsp3) is 0.304. The Morgan fingerprint density at radius 1 is 0.750 bits per heavy atom. The highest BCUT2D eigenvalue weighted by Gasteiger charge is 2.28. The van der Waals surface area contributed by atoms with Crippen LogP contribution in [-0.2, 0) is 36.9 Å². The molecule has 14 heteroatoms. The maximum atomic E-state index is 14.1. The molecule has 1 atom stereocenters. The summed E-state index contributed by atoms with van der Waals surface area (Å²) in [5.74, 6) is 0.701. The Morgan fingerprint density at radius 3 is 1.87 bits per heavy atom. The SMILES string of the molecule is CCCN(Cc1nc2c(ccc3cc(-c4ccc5c(ccc6[nH]c(CN(CC(C)C)C(=O)CNC(=O)OC)nc65)c4)ccc32)[nH]1)C(=O)[C@H](NC(=O)COC)c1ccccc1. The quantitative estimate of drug-likeness (QED) is 0.0808. The fourth-order valence-electron chi connectivity index (χ4n) is 7.59. The summed E-state index contributed by atoms with van der Waals surface area (Å²) in [5.41, 5.74) is 6.16. The molecule has 0 saturated heterocycles. The first kappa shape index (κ1) is 41.4. The molecule has 0 bridgehead atoms. The van der Waals surface area contributed by atoms with Gasteiger partial charge in [-0.2, -0.15) is 0 Å². The highest BCUT2D eigenvalue weighted by atomic mass is 16.5. The molecule has 7 rings (SSSR count). The van der Waals surface area contributed by atoms with E-state index in [2.05, 4.69) is 73.9 Å². The minimum Gasteiger partial charge on any atom is -0.453 e. The van der Waals surface area contributed by atoms with E-state index >= 15 is 0 Å². The molecule has 0 spiro atoms. The molecule has 2 heterocycles. The molecule has 0 saturated carbocycles. The smallest absolute Gasteiger partial charge is 0.407 e. The molecule has 0 fully saturated rings. The number of carbonyl (C=O) groups is 4. The third-order valence-electron chi connectivity index (χ3n) is 10.3. The van der Waals surface area contributed by atoms with Gasteiger partial charge in [0.25, 0.3) is 0 Å². The summed E-state index contributed by atoms with van der Waals surface area (Å²) < 4.78 is 9.64. The van der Waals surface area contributed by atoms with Crippen LogP contribution in [0.25, 0.3) is 54.7 Å². The Balaban J connectivity index is 1.12. The molecule has 14 nitrogen and oxygen atoms in total. The number of fused-ring (bicyclic) bond motifs is 6. The van der Waals surface area contributed by atoms with Crippen molar-refractivity contribution in [2.45, 2.75) is 46.3 Å². The van der Waals surface area contributed by atoms with E-state index in [4.69, 9.17) is 14.7 Å². The maximum absolute atomic E-state index is 14.1. The van der Waals surface area contributed by atoms with Crippen LogP contribution in [-0.4, -0.2) is 94.0 Å². The minimum atomic E-state index is -0.867. The molecule has 2 aromatic heterocycles. The zero-order chi connectivity index (χ0) is 42.3. The molecule has 4 N–H and O–H groups in total. The van der Waals surface area contributed by atoms with Gasteiger partial charge in [-0.05, 0) is 64.1 Å². The molecule has 0 aliphatic carbocycles. The van der Waals surface area contributed by atoms with Crippen LogP contribution < -0.4 is 10.6 Å². The first-order chi connectivity index (χ1) is 29.0. The van der Waals surface area contributed by atoms with Crippen molar-refractivity contribution in [2.24, 2.45) is 5.92 Å². The number of rotatable bonds is 16. The Kier molecular flexibility index (Phi) is 12.7. The number of aromatic amines is 2. The lowest BCUT2D eigenvalue weighted by atomic mass is 9.98. The van der Waals surface area contributed by atoms with E-state index in [0.717, 1.165) is 61.2 Å². The summed E-state index contributed by atoms with van der Waals surface area (Å²) in [4.78, 5) is 71.4. The third kappa shape index (κ3) is 9.24. The largest absolute Gasteiger partial charge is 0.453 e. The number of nitrogens with zero attached hydrogens (tertiary/aromatic N) is 4. The van der Waals surface area contributed by atoms with Crippen LogP contribution in [0.3, 0.4) is 0 Å². The van der Waals surface area contributed by atoms with Crippen LogP contribution in [0, 0.1) is 5.92 Å². The number of ether oxygens (including phenoxy) is 2. The van der Waals surface area contributed by atoms with Crippen LogP contribution in [0.5, 0.6) is 0 Å². The molecule has 0 unspecified atom stereocenters. The predicted molar refractivity (Wildman–Crippen MR) is 232 cm³/mol. The van der Waals surface area contributed by atoms with Crippen LogP contribution in [0.2, 0.25) is 0 Å². The number of hydrogen-bond donors (Lipinski definition) is 4. The number of aromatic nitrogens is 4. The van der Waals surface area contributed by atoms with Gasteiger partial charge >= 0.3 is 6.09 Å². The topological polar surface area (TPSA) is 175 Å². The van der Waals surface area contributed by atoms with E-state index in [0.29, 0.717) is 30.3 Å². The van der Waals surface area contributed by atoms with Crippen LogP contribution >= 0.6 is 0 Å². The number of alkyl carbamates (subject to hydrolysis) is 1. The van der Waals surface area contributed by atoms with Crippen molar-refractivity contribution < 1.29 is 28.7 Å². The summed E-state index contributed by atoms with van der Waals surface area (Å²) >= 11 is 0. The molecule has 0 aliphatic heterocycles. The molecule has 60 heavy (non-hydrogen) atoms. The fourth-order valence-corrected chi connectivity index (χ4v) is 7.59. The molecule has 0 aliphatic rings. The number of carbonyl (C=O) groups excluding carboxylic acids is 4. The van der Waals surface area contributed by atoms with Gasteiger partial charge in [0.1, 0.15) is 30.8 Å². The number of amides is 4. The zero-order valence-electron chi connectivity index (χ0n) is 34.5. The number of hydrogen-bond acceptors (Lipinski definition) is 8. The normalized spacial score (nSPS) is 12.0. The lowest BCUT2D eigenvalue weighted by Crippen LogP contribution is -2.44. The van der Waals surface area contributed by atoms with Gasteiger partial charge in [-0.25, -0.2) is 14.8 Å². The Hall–Kier alpha value is -6.80. The van der Waals surface area contributed by atoms with E-state index in [1.165, 1.54) is 14.2 Å². The van der Waals surface area contributed by atoms with Crippen LogP contribution in [0.4, 0.5) is 4.79 Å². The van der Waals surface area contributed by atoms with Gasteiger partial charge < -0.3 is 39.9 Å². The van der Waals surface area contributed by atoms with E-state index in [-0.39, 0.29) is 49.9 Å². The van der Waals surface area contributed by atoms with Gasteiger partial charge in [-0.15, -0.1) is 0 Å². The Labute approximate surface area is 347 Å². The van der Waals surface area contributed by atoms with Gasteiger partial charge in [-0.3, -0.25) is 14.4 Å². The summed E-state index contributed by atoms with van der Waals surface area (Å²) in [6, 6.07) is 29.2. The molecule has 5 aromatic carbocycles. The number of imidazole rings is 2. The first-order valence-corrected chi connectivity index (χ1v) is 20.1. The van der Waals surface area contributed by atoms with Crippen molar-refractivity contribution in [3.05, 3.63) is 108 Å². The summed E-state index contributed by atoms with van der Waals surface area (Å²) in [7, 11) is 2.71. The van der Waals surface area contributed by atoms with Gasteiger partial charge in [-0.1, -0.05) is 87.5 Å². The average molecular weight is 811 g/mol. The van der Waals surface area contributed by atoms with E-state index in [9.17, 15) is 19.2 Å². The standard InChI is InChI=1S/C46H50N8O6/c1-6-20-53(45(57)42(52-40(55)27-59-4)29-10-8-7-9-11-29)25-38-48-36-18-14-32-21-30(12-16-34(32)43(36)50-38)31-13-17-35-33(22-31)15-19-37-44(35)51-39(49-37)26-54(24-28(2)3)41(56)23-47-46(58)60-5/h7-19,21-22,28,42H,6,20,23-27H2,1-5H3,(H,47,58)(H,48,50)(H,49,51)(H,52,55)/t42-/m1/s1. The monoisotopic (exact) mass is 810 g/mol. The molecule has 4 amide bonds. The molecule has 7 aromatic rings. The Bertz CT molecular complexity index is 2670. The maximum Gasteiger partial charge on any atom is 0.407 e. The van der Waals surface area contributed by atoms with E-state index < -0.39 is 12.1 Å². The van der Waals surface area contributed by atoms with Crippen molar-refractivity contribution in [2.75, 3.05) is 40.5 Å². The summed E-state index contributed by atoms with van der Waals surface area (Å²) in [5, 5.41) is 9.36. The molecule has 310 valence electrons. The van der Waals surface area contributed by atoms with E-state index in [1.54, 1.807) is 9.80 Å². The average Bonchev–Trinajstić information content (AvgIpc) is 3.87. The van der Waals surface area contributed by atoms with Crippen LogP contribution in [0.15, 0.2) is 91.0 Å². The second kappa shape index (κ2) is 18.4. The minimum absolute atomic E-state index is 0.149. The number of benzene rings is 5. The highest BCUT2D eigenvalue weighted by Crippen LogP contribution is 2.33. The van der Waals surface area contributed by atoms with Gasteiger partial charge in [0, 0.05) is 31.0 Å². The van der Waals surface area contributed by atoms with Gasteiger partial charge in [0.15, 0.2) is 0 Å². The van der Waals surface area contributed by atoms with Crippen molar-refractivity contribution in [1.29, 1.82) is 0 Å². The molecular formula is C46H50N8O6. The van der Waals surface area contributed by atoms with E-state index in [1.807, 2.05) is 63.2 Å². The van der Waals surface area contributed by atoms with Crippen molar-refractivity contribution in [1.82, 2.24) is 40.4 Å². The highest BCUT2D eigenvalue weighted by molar-refractivity contribution is 6.07. The summed E-state index contributed by atoms with van der Waals surface area (Å²) in [6.07, 6.45) is 0.0732. The van der Waals surface area contributed by atoms with Crippen molar-refractivity contribution >= 4 is 67.4 Å². The lowest BCUT2D eigenvalue weighted by Gasteiger charge is -2.27. The third-order valence-corrected chi connectivity index (χ3v) is 10.3.